The molecule has 1 heterocycles. The Morgan fingerprint density at radius 1 is 1.11 bits per heavy atom. The fourth-order valence-electron chi connectivity index (χ4n) is 3.35. The molecule has 0 unspecified atom stereocenters. The van der Waals surface area contributed by atoms with Crippen molar-refractivity contribution >= 4 is 35.0 Å². The molecule has 0 spiro atoms. The highest BCUT2D eigenvalue weighted by atomic mass is 35.5. The van der Waals surface area contributed by atoms with E-state index in [2.05, 4.69) is 20.7 Å². The number of aryl methyl sites for hydroxylation is 1. The zero-order valence-corrected chi connectivity index (χ0v) is 21.5. The van der Waals surface area contributed by atoms with Gasteiger partial charge in [-0.1, -0.05) is 41.1 Å². The van der Waals surface area contributed by atoms with Crippen molar-refractivity contribution in [3.63, 3.8) is 0 Å². The predicted octanol–water partition coefficient (Wildman–Crippen LogP) is 5.24. The Balaban J connectivity index is 1.51. The lowest BCUT2D eigenvalue weighted by atomic mass is 10.1. The number of hydrazone groups is 1. The second-order valence-corrected chi connectivity index (χ2v) is 9.27. The van der Waals surface area contributed by atoms with Gasteiger partial charge in [0, 0.05) is 21.8 Å². The summed E-state index contributed by atoms with van der Waals surface area (Å²) in [5, 5.41) is 23.9. The number of hydrogen-bond acceptors (Lipinski definition) is 7. The first-order valence-electron chi connectivity index (χ1n) is 11.0. The topological polar surface area (TPSA) is 102 Å². The first-order chi connectivity index (χ1) is 17.4. The molecule has 0 bridgehead atoms. The number of aromatic nitrogens is 3. The van der Waals surface area contributed by atoms with Gasteiger partial charge in [0.15, 0.2) is 22.5 Å². The number of benzene rings is 3. The number of phenolic OH excluding ortho intramolecular Hbond substituents is 1. The third-order valence-electron chi connectivity index (χ3n) is 5.31. The standard InChI is InChI=1S/C26H24ClN5O3S/c1-16-4-11-21(12-5-16)32-25(18-6-9-20(27)10-7-18)30-31-26(32)36-15-24(34)29-28-17(2)19-8-13-22(33)23(14-19)35-3/h4-14,33H,15H2,1-3H3,(H,29,34). The minimum absolute atomic E-state index is 0.0325. The van der Waals surface area contributed by atoms with Gasteiger partial charge in [-0.15, -0.1) is 10.2 Å². The van der Waals surface area contributed by atoms with Crippen LogP contribution in [0, 0.1) is 6.92 Å². The number of nitrogens with zero attached hydrogens (tertiary/aromatic N) is 4. The van der Waals surface area contributed by atoms with E-state index in [9.17, 15) is 9.90 Å². The van der Waals surface area contributed by atoms with E-state index in [1.54, 1.807) is 31.2 Å². The van der Waals surface area contributed by atoms with Crippen molar-refractivity contribution in [2.45, 2.75) is 19.0 Å². The van der Waals surface area contributed by atoms with E-state index in [-0.39, 0.29) is 17.4 Å². The van der Waals surface area contributed by atoms with E-state index in [1.807, 2.05) is 47.9 Å². The van der Waals surface area contributed by atoms with Crippen LogP contribution in [0.1, 0.15) is 18.1 Å². The minimum Gasteiger partial charge on any atom is -0.504 e. The molecule has 0 aliphatic carbocycles. The molecule has 1 aromatic heterocycles. The highest BCUT2D eigenvalue weighted by Gasteiger charge is 2.17. The van der Waals surface area contributed by atoms with Gasteiger partial charge >= 0.3 is 0 Å². The van der Waals surface area contributed by atoms with E-state index in [1.165, 1.54) is 24.9 Å². The zero-order valence-electron chi connectivity index (χ0n) is 19.9. The van der Waals surface area contributed by atoms with Gasteiger partial charge in [0.2, 0.25) is 0 Å². The number of carbonyl (C=O) groups is 1. The number of amides is 1. The second-order valence-electron chi connectivity index (χ2n) is 7.89. The molecule has 8 nitrogen and oxygen atoms in total. The van der Waals surface area contributed by atoms with Crippen LogP contribution in [-0.4, -0.2) is 44.4 Å². The van der Waals surface area contributed by atoms with Crippen LogP contribution in [0.5, 0.6) is 11.5 Å². The molecule has 0 saturated carbocycles. The predicted molar refractivity (Wildman–Crippen MR) is 142 cm³/mol. The maximum Gasteiger partial charge on any atom is 0.250 e. The van der Waals surface area contributed by atoms with Gasteiger partial charge < -0.3 is 9.84 Å². The average Bonchev–Trinajstić information content (AvgIpc) is 3.31. The van der Waals surface area contributed by atoms with E-state index in [0.717, 1.165) is 16.8 Å². The molecule has 0 saturated heterocycles. The van der Waals surface area contributed by atoms with Gasteiger partial charge in [-0.25, -0.2) is 5.43 Å². The van der Waals surface area contributed by atoms with Crippen molar-refractivity contribution in [1.29, 1.82) is 0 Å². The van der Waals surface area contributed by atoms with Gasteiger partial charge in [0.1, 0.15) is 0 Å². The number of carbonyl (C=O) groups excluding carboxylic acids is 1. The van der Waals surface area contributed by atoms with Crippen LogP contribution in [0.3, 0.4) is 0 Å². The number of nitrogens with one attached hydrogen (secondary N) is 1. The normalized spacial score (nSPS) is 11.4. The molecule has 0 atom stereocenters. The lowest BCUT2D eigenvalue weighted by Crippen LogP contribution is -2.21. The maximum absolute atomic E-state index is 12.6. The number of rotatable bonds is 8. The Kier molecular flexibility index (Phi) is 7.92. The SMILES string of the molecule is COc1cc(C(C)=NNC(=O)CSc2nnc(-c3ccc(Cl)cc3)n2-c2ccc(C)cc2)ccc1O. The van der Waals surface area contributed by atoms with Gasteiger partial charge in [-0.2, -0.15) is 5.10 Å². The summed E-state index contributed by atoms with van der Waals surface area (Å²) in [6.07, 6.45) is 0. The monoisotopic (exact) mass is 521 g/mol. The summed E-state index contributed by atoms with van der Waals surface area (Å²) < 4.78 is 7.04. The van der Waals surface area contributed by atoms with Crippen molar-refractivity contribution in [3.8, 4) is 28.6 Å². The number of ether oxygens (including phenoxy) is 1. The Morgan fingerprint density at radius 2 is 1.83 bits per heavy atom. The molecule has 0 aliphatic heterocycles. The highest BCUT2D eigenvalue weighted by Crippen LogP contribution is 2.29. The zero-order chi connectivity index (χ0) is 25.7. The molecule has 4 rings (SSSR count). The van der Waals surface area contributed by atoms with Gasteiger partial charge in [0.25, 0.3) is 5.91 Å². The number of aromatic hydroxyl groups is 1. The Labute approximate surface area is 218 Å². The summed E-state index contributed by atoms with van der Waals surface area (Å²) in [6, 6.07) is 20.2. The van der Waals surface area contributed by atoms with Gasteiger partial charge in [0.05, 0.1) is 18.6 Å². The number of phenols is 1. The summed E-state index contributed by atoms with van der Waals surface area (Å²) in [5.41, 5.74) is 6.72. The van der Waals surface area contributed by atoms with Gasteiger partial charge in [-0.05, 0) is 68.4 Å². The molecule has 184 valence electrons. The lowest BCUT2D eigenvalue weighted by Gasteiger charge is -2.11. The Bertz CT molecular complexity index is 1400. The first kappa shape index (κ1) is 25.3. The minimum atomic E-state index is -0.295. The Hall–Kier alpha value is -3.82. The smallest absolute Gasteiger partial charge is 0.250 e. The quantitative estimate of drug-likeness (QED) is 0.187. The molecule has 36 heavy (non-hydrogen) atoms. The molecule has 1 amide bonds. The molecule has 4 aromatic rings. The van der Waals surface area contributed by atoms with Gasteiger partial charge in [-0.3, -0.25) is 9.36 Å². The number of methoxy groups -OCH3 is 1. The van der Waals surface area contributed by atoms with Crippen LogP contribution in [0.25, 0.3) is 17.1 Å². The van der Waals surface area contributed by atoms with Crippen LogP contribution < -0.4 is 10.2 Å². The summed E-state index contributed by atoms with van der Waals surface area (Å²) in [7, 11) is 1.47. The summed E-state index contributed by atoms with van der Waals surface area (Å²) in [5.74, 6) is 0.798. The van der Waals surface area contributed by atoms with E-state index in [0.29, 0.717) is 33.0 Å². The summed E-state index contributed by atoms with van der Waals surface area (Å²) >= 11 is 7.31. The molecular formula is C26H24ClN5O3S. The van der Waals surface area contributed by atoms with Crippen molar-refractivity contribution in [3.05, 3.63) is 82.9 Å². The summed E-state index contributed by atoms with van der Waals surface area (Å²) in [6.45, 7) is 3.78. The van der Waals surface area contributed by atoms with Crippen molar-refractivity contribution in [2.75, 3.05) is 12.9 Å². The molecule has 0 aliphatic rings. The molecule has 2 N–H and O–H groups in total. The third-order valence-corrected chi connectivity index (χ3v) is 6.49. The maximum atomic E-state index is 12.6. The number of thioether (sulfide) groups is 1. The van der Waals surface area contributed by atoms with Crippen molar-refractivity contribution in [2.24, 2.45) is 5.10 Å². The van der Waals surface area contributed by atoms with E-state index >= 15 is 0 Å². The molecule has 10 heteroatoms. The fraction of sp³-hybridized carbons (Fsp3) is 0.154. The molecule has 3 aromatic carbocycles. The molecule has 0 radical (unpaired) electrons. The lowest BCUT2D eigenvalue weighted by molar-refractivity contribution is -0.118. The van der Waals surface area contributed by atoms with Crippen LogP contribution >= 0.6 is 23.4 Å². The van der Waals surface area contributed by atoms with Crippen molar-refractivity contribution < 1.29 is 14.6 Å². The first-order valence-corrected chi connectivity index (χ1v) is 12.3. The average molecular weight is 522 g/mol. The van der Waals surface area contributed by atoms with Crippen LogP contribution in [0.15, 0.2) is 77.0 Å². The Morgan fingerprint density at radius 3 is 2.53 bits per heavy atom. The van der Waals surface area contributed by atoms with Crippen LogP contribution in [0.4, 0.5) is 0 Å². The van der Waals surface area contributed by atoms with Crippen molar-refractivity contribution in [1.82, 2.24) is 20.2 Å². The number of hydrogen-bond donors (Lipinski definition) is 2. The second kappa shape index (κ2) is 11.3. The largest absolute Gasteiger partial charge is 0.504 e. The third kappa shape index (κ3) is 5.87. The van der Waals surface area contributed by atoms with E-state index < -0.39 is 0 Å². The van der Waals surface area contributed by atoms with E-state index in [4.69, 9.17) is 16.3 Å². The summed E-state index contributed by atoms with van der Waals surface area (Å²) in [4.78, 5) is 12.6. The number of halogens is 1. The van der Waals surface area contributed by atoms with Crippen LogP contribution in [0.2, 0.25) is 5.02 Å². The highest BCUT2D eigenvalue weighted by molar-refractivity contribution is 7.99. The molecule has 0 fully saturated rings. The molecular weight excluding hydrogens is 498 g/mol. The van der Waals surface area contributed by atoms with Crippen LogP contribution in [-0.2, 0) is 4.79 Å². The fourth-order valence-corrected chi connectivity index (χ4v) is 4.22.